The third-order valence-electron chi connectivity index (χ3n) is 3.06. The van der Waals surface area contributed by atoms with Crippen molar-refractivity contribution in [3.8, 4) is 17.6 Å². The molecule has 0 fully saturated rings. The number of nitro benzene ring substituents is 3. The Morgan fingerprint density at radius 3 is 1.82 bits per heavy atom. The van der Waals surface area contributed by atoms with Crippen LogP contribution in [0.1, 0.15) is 5.56 Å². The first-order valence-corrected chi connectivity index (χ1v) is 7.62. The minimum Gasteiger partial charge on any atom is -0.497 e. The van der Waals surface area contributed by atoms with Crippen LogP contribution in [0.2, 0.25) is 0 Å². The molecule has 0 radical (unpaired) electrons. The summed E-state index contributed by atoms with van der Waals surface area (Å²) in [5.41, 5.74) is -1.92. The van der Waals surface area contributed by atoms with Gasteiger partial charge < -0.3 is 5.11 Å². The summed E-state index contributed by atoms with van der Waals surface area (Å²) >= 11 is 0. The molecule has 0 aliphatic heterocycles. The van der Waals surface area contributed by atoms with E-state index in [2.05, 4.69) is 16.7 Å². The van der Waals surface area contributed by atoms with Crippen LogP contribution in [0.15, 0.2) is 42.5 Å². The van der Waals surface area contributed by atoms with Gasteiger partial charge in [-0.15, -0.1) is 0 Å². The summed E-state index contributed by atoms with van der Waals surface area (Å²) in [6, 6.07) is 10.9. The maximum Gasteiger partial charge on any atom is 0.324 e. The van der Waals surface area contributed by atoms with Crippen molar-refractivity contribution in [1.29, 1.82) is 0 Å². The van der Waals surface area contributed by atoms with Gasteiger partial charge in [0.15, 0.2) is 0 Å². The summed E-state index contributed by atoms with van der Waals surface area (Å²) in [5.74, 6) is 4.95. The van der Waals surface area contributed by atoms with Crippen LogP contribution in [-0.2, 0) is 0 Å². The molecule has 0 bridgehead atoms. The van der Waals surface area contributed by atoms with E-state index in [1.807, 2.05) is 44.4 Å². The average Bonchev–Trinajstić information content (AvgIpc) is 2.62. The van der Waals surface area contributed by atoms with E-state index < -0.39 is 37.6 Å². The normalized spacial score (nSPS) is 9.54. The molecule has 1 N–H and O–H groups in total. The zero-order valence-electron chi connectivity index (χ0n) is 14.9. The lowest BCUT2D eigenvalue weighted by atomic mass is 10.2. The molecule has 0 saturated carbocycles. The summed E-state index contributed by atoms with van der Waals surface area (Å²) in [5, 5.41) is 40.2. The van der Waals surface area contributed by atoms with Crippen LogP contribution in [0, 0.1) is 42.2 Å². The molecule has 0 spiro atoms. The van der Waals surface area contributed by atoms with E-state index in [0.29, 0.717) is 12.1 Å². The summed E-state index contributed by atoms with van der Waals surface area (Å²) in [6.45, 7) is 0.814. The second-order valence-electron chi connectivity index (χ2n) is 5.51. The molecule has 0 amide bonds. The van der Waals surface area contributed by atoms with Gasteiger partial charge in [-0.05, 0) is 26.2 Å². The van der Waals surface area contributed by atoms with E-state index in [-0.39, 0.29) is 0 Å². The highest BCUT2D eigenvalue weighted by atomic mass is 16.6. The number of phenols is 1. The van der Waals surface area contributed by atoms with Crippen molar-refractivity contribution in [3.05, 3.63) is 78.4 Å². The van der Waals surface area contributed by atoms with Gasteiger partial charge in [0.25, 0.3) is 11.4 Å². The molecule has 11 nitrogen and oxygen atoms in total. The van der Waals surface area contributed by atoms with Crippen LogP contribution in [0.3, 0.4) is 0 Å². The second-order valence-corrected chi connectivity index (χ2v) is 5.51. The predicted molar refractivity (Wildman–Crippen MR) is 99.9 cm³/mol. The van der Waals surface area contributed by atoms with E-state index in [4.69, 9.17) is 5.11 Å². The Kier molecular flexibility index (Phi) is 8.01. The number of phenolic OH excluding ortho intramolecular Hbond substituents is 1. The molecule has 0 unspecified atom stereocenters. The zero-order chi connectivity index (χ0) is 21.3. The van der Waals surface area contributed by atoms with Crippen LogP contribution in [0.4, 0.5) is 17.1 Å². The van der Waals surface area contributed by atoms with Crippen molar-refractivity contribution < 1.29 is 19.9 Å². The maximum atomic E-state index is 10.4. The van der Waals surface area contributed by atoms with E-state index in [9.17, 15) is 30.3 Å². The first kappa shape index (κ1) is 22.0. The first-order valence-electron chi connectivity index (χ1n) is 7.62. The number of non-ortho nitro benzene ring substituents is 1. The van der Waals surface area contributed by atoms with Gasteiger partial charge in [0.05, 0.1) is 33.4 Å². The van der Waals surface area contributed by atoms with Crippen molar-refractivity contribution in [2.45, 2.75) is 0 Å². The Labute approximate surface area is 159 Å². The molecule has 0 saturated heterocycles. The van der Waals surface area contributed by atoms with Gasteiger partial charge >= 0.3 is 11.4 Å². The number of aromatic hydroxyl groups is 1. The quantitative estimate of drug-likeness (QED) is 0.476. The minimum atomic E-state index is -1.21. The molecule has 0 heterocycles. The summed E-state index contributed by atoms with van der Waals surface area (Å²) < 4.78 is 0. The van der Waals surface area contributed by atoms with Crippen molar-refractivity contribution in [2.24, 2.45) is 0 Å². The second kappa shape index (κ2) is 10.2. The standard InChI is InChI=1S/C11H13N.C6H3N3O7/c1-12(2)10-6-9-11-7-4-3-5-8-11;10-6-4(8(13)14)1-3(7(11)12)2-5(6)9(15)16/h3-5,7-8H,10H2,1-2H3;1-2,10H. The summed E-state index contributed by atoms with van der Waals surface area (Å²) in [4.78, 5) is 29.8. The van der Waals surface area contributed by atoms with E-state index in [0.717, 1.165) is 12.1 Å². The monoisotopic (exact) mass is 388 g/mol. The molecule has 0 aliphatic carbocycles. The van der Waals surface area contributed by atoms with Gasteiger partial charge in [-0.3, -0.25) is 35.2 Å². The van der Waals surface area contributed by atoms with Crippen LogP contribution >= 0.6 is 0 Å². The van der Waals surface area contributed by atoms with Gasteiger partial charge in [-0.2, -0.15) is 0 Å². The van der Waals surface area contributed by atoms with Gasteiger partial charge in [0, 0.05) is 5.56 Å². The van der Waals surface area contributed by atoms with Crippen LogP contribution in [0.25, 0.3) is 0 Å². The Morgan fingerprint density at radius 1 is 0.929 bits per heavy atom. The highest BCUT2D eigenvalue weighted by Crippen LogP contribution is 2.38. The number of nitro groups is 3. The van der Waals surface area contributed by atoms with E-state index in [1.165, 1.54) is 0 Å². The first-order chi connectivity index (χ1) is 13.1. The van der Waals surface area contributed by atoms with Crippen LogP contribution in [0.5, 0.6) is 5.75 Å². The molecule has 0 atom stereocenters. The molecule has 146 valence electrons. The zero-order valence-corrected chi connectivity index (χ0v) is 14.9. The van der Waals surface area contributed by atoms with Crippen LogP contribution < -0.4 is 0 Å². The molecule has 0 aliphatic rings. The van der Waals surface area contributed by atoms with Crippen molar-refractivity contribution in [1.82, 2.24) is 4.90 Å². The van der Waals surface area contributed by atoms with Crippen molar-refractivity contribution >= 4 is 17.1 Å². The van der Waals surface area contributed by atoms with E-state index in [1.54, 1.807) is 0 Å². The average molecular weight is 388 g/mol. The topological polar surface area (TPSA) is 153 Å². The third-order valence-corrected chi connectivity index (χ3v) is 3.06. The SMILES string of the molecule is CN(C)CC#Cc1ccccc1.O=[N+]([O-])c1cc([N+](=O)[O-])c(O)c([N+](=O)[O-])c1. The Balaban J connectivity index is 0.000000292. The van der Waals surface area contributed by atoms with Gasteiger partial charge in [0.2, 0.25) is 0 Å². The summed E-state index contributed by atoms with van der Waals surface area (Å²) in [6.07, 6.45) is 0. The number of hydrogen-bond donors (Lipinski definition) is 1. The third kappa shape index (κ3) is 6.70. The largest absolute Gasteiger partial charge is 0.497 e. The molecule has 2 aromatic rings. The summed E-state index contributed by atoms with van der Waals surface area (Å²) in [7, 11) is 4.03. The molecule has 11 heteroatoms. The smallest absolute Gasteiger partial charge is 0.324 e. The molecule has 2 aromatic carbocycles. The molecule has 0 aromatic heterocycles. The highest BCUT2D eigenvalue weighted by molar-refractivity contribution is 5.64. The number of hydrogen-bond acceptors (Lipinski definition) is 8. The molecular weight excluding hydrogens is 372 g/mol. The number of benzene rings is 2. The van der Waals surface area contributed by atoms with Crippen molar-refractivity contribution in [2.75, 3.05) is 20.6 Å². The number of nitrogens with zero attached hydrogens (tertiary/aromatic N) is 4. The Hall–Kier alpha value is -4.04. The lowest BCUT2D eigenvalue weighted by Gasteiger charge is -2.00. The van der Waals surface area contributed by atoms with Gasteiger partial charge in [0.1, 0.15) is 0 Å². The van der Waals surface area contributed by atoms with Crippen LogP contribution in [-0.4, -0.2) is 45.4 Å². The van der Waals surface area contributed by atoms with Gasteiger partial charge in [-0.1, -0.05) is 30.0 Å². The Bertz CT molecular complexity index is 899. The van der Waals surface area contributed by atoms with E-state index >= 15 is 0 Å². The highest BCUT2D eigenvalue weighted by Gasteiger charge is 2.30. The maximum absolute atomic E-state index is 10.4. The predicted octanol–water partition coefficient (Wildman–Crippen LogP) is 2.72. The molecule has 2 rings (SSSR count). The molecular formula is C17H16N4O7. The lowest BCUT2D eigenvalue weighted by molar-refractivity contribution is -0.404. The number of rotatable bonds is 4. The van der Waals surface area contributed by atoms with Crippen molar-refractivity contribution in [3.63, 3.8) is 0 Å². The van der Waals surface area contributed by atoms with Gasteiger partial charge in [-0.25, -0.2) is 0 Å². The fourth-order valence-electron chi connectivity index (χ4n) is 1.79. The fraction of sp³-hybridized carbons (Fsp3) is 0.176. The molecule has 28 heavy (non-hydrogen) atoms. The fourth-order valence-corrected chi connectivity index (χ4v) is 1.79. The minimum absolute atomic E-state index is 0.447. The Morgan fingerprint density at radius 2 is 1.43 bits per heavy atom. The lowest BCUT2D eigenvalue weighted by Crippen LogP contribution is -2.10.